The molecular formula is C15H13Cl3N2S. The van der Waals surface area contributed by atoms with E-state index in [1.54, 1.807) is 11.3 Å². The van der Waals surface area contributed by atoms with E-state index in [2.05, 4.69) is 22.5 Å². The predicted octanol–water partition coefficient (Wildman–Crippen LogP) is 5.80. The highest BCUT2D eigenvalue weighted by atomic mass is 35.5. The third-order valence-electron chi connectivity index (χ3n) is 3.46. The maximum Gasteiger partial charge on any atom is 0.111 e. The number of alkyl halides is 1. The Bertz CT molecular complexity index is 778. The maximum atomic E-state index is 6.27. The Hall–Kier alpha value is -0.740. The first-order valence-electron chi connectivity index (χ1n) is 6.58. The van der Waals surface area contributed by atoms with Crippen molar-refractivity contribution in [1.82, 2.24) is 9.55 Å². The van der Waals surface area contributed by atoms with Gasteiger partial charge in [0.15, 0.2) is 0 Å². The SMILES string of the molecule is CC(c1ccc(Cl)s1)n1c(CCCl)nc2c(Cl)cccc21. The number of nitrogens with zero attached hydrogens (tertiary/aromatic N) is 2. The standard InChI is InChI=1S/C15H13Cl3N2S/c1-9(12-5-6-13(18)21-12)20-11-4-2-3-10(17)15(11)19-14(20)7-8-16/h2-6,9H,7-8H2,1H3. The second-order valence-electron chi connectivity index (χ2n) is 4.76. The number of benzene rings is 1. The monoisotopic (exact) mass is 358 g/mol. The Morgan fingerprint density at radius 3 is 2.71 bits per heavy atom. The van der Waals surface area contributed by atoms with Gasteiger partial charge in [0, 0.05) is 17.2 Å². The lowest BCUT2D eigenvalue weighted by Gasteiger charge is -2.16. The maximum absolute atomic E-state index is 6.27. The van der Waals surface area contributed by atoms with Gasteiger partial charge in [0.05, 0.1) is 20.9 Å². The molecule has 0 spiro atoms. The van der Waals surface area contributed by atoms with E-state index >= 15 is 0 Å². The fourth-order valence-electron chi connectivity index (χ4n) is 2.50. The quantitative estimate of drug-likeness (QED) is 0.539. The van der Waals surface area contributed by atoms with E-state index in [4.69, 9.17) is 34.8 Å². The molecule has 1 aromatic carbocycles. The Morgan fingerprint density at radius 2 is 2.05 bits per heavy atom. The highest BCUT2D eigenvalue weighted by Crippen LogP contribution is 2.34. The van der Waals surface area contributed by atoms with E-state index in [0.717, 1.165) is 21.2 Å². The number of halogens is 3. The number of imidazole rings is 1. The molecule has 0 aliphatic carbocycles. The minimum Gasteiger partial charge on any atom is -0.320 e. The van der Waals surface area contributed by atoms with Crippen LogP contribution in [-0.2, 0) is 6.42 Å². The molecule has 110 valence electrons. The van der Waals surface area contributed by atoms with Crippen molar-refractivity contribution in [2.75, 3.05) is 5.88 Å². The van der Waals surface area contributed by atoms with Gasteiger partial charge in [-0.2, -0.15) is 0 Å². The molecule has 1 atom stereocenters. The molecule has 2 nitrogen and oxygen atoms in total. The molecule has 3 rings (SSSR count). The van der Waals surface area contributed by atoms with Gasteiger partial charge in [-0.05, 0) is 31.2 Å². The van der Waals surface area contributed by atoms with Crippen LogP contribution in [0.25, 0.3) is 11.0 Å². The van der Waals surface area contributed by atoms with E-state index < -0.39 is 0 Å². The van der Waals surface area contributed by atoms with Crippen molar-refractivity contribution in [1.29, 1.82) is 0 Å². The molecule has 0 fully saturated rings. The molecule has 0 radical (unpaired) electrons. The van der Waals surface area contributed by atoms with Crippen molar-refractivity contribution >= 4 is 57.2 Å². The highest BCUT2D eigenvalue weighted by molar-refractivity contribution is 7.16. The summed E-state index contributed by atoms with van der Waals surface area (Å²) < 4.78 is 2.99. The lowest BCUT2D eigenvalue weighted by atomic mass is 10.2. The number of para-hydroxylation sites is 1. The van der Waals surface area contributed by atoms with Crippen molar-refractivity contribution < 1.29 is 0 Å². The highest BCUT2D eigenvalue weighted by Gasteiger charge is 2.19. The molecule has 2 aromatic heterocycles. The minimum absolute atomic E-state index is 0.143. The summed E-state index contributed by atoms with van der Waals surface area (Å²) in [5, 5.41) is 0.665. The molecule has 0 bridgehead atoms. The molecule has 0 aliphatic rings. The number of aromatic nitrogens is 2. The largest absolute Gasteiger partial charge is 0.320 e. The molecule has 1 unspecified atom stereocenters. The van der Waals surface area contributed by atoms with Crippen LogP contribution >= 0.6 is 46.1 Å². The van der Waals surface area contributed by atoms with Crippen LogP contribution in [0.1, 0.15) is 23.7 Å². The zero-order valence-corrected chi connectivity index (χ0v) is 14.4. The van der Waals surface area contributed by atoms with Crippen LogP contribution in [0.4, 0.5) is 0 Å². The van der Waals surface area contributed by atoms with Crippen molar-refractivity contribution in [2.24, 2.45) is 0 Å². The summed E-state index contributed by atoms with van der Waals surface area (Å²) in [6, 6.07) is 9.96. The fraction of sp³-hybridized carbons (Fsp3) is 0.267. The number of hydrogen-bond donors (Lipinski definition) is 0. The molecule has 2 heterocycles. The molecule has 0 amide bonds. The Kier molecular flexibility index (Phi) is 4.46. The summed E-state index contributed by atoms with van der Waals surface area (Å²) in [4.78, 5) is 5.86. The summed E-state index contributed by atoms with van der Waals surface area (Å²) in [5.41, 5.74) is 1.86. The van der Waals surface area contributed by atoms with Crippen LogP contribution in [0, 0.1) is 0 Å². The van der Waals surface area contributed by atoms with E-state index in [9.17, 15) is 0 Å². The smallest absolute Gasteiger partial charge is 0.111 e. The van der Waals surface area contributed by atoms with Gasteiger partial charge in [0.2, 0.25) is 0 Å². The van der Waals surface area contributed by atoms with Gasteiger partial charge in [-0.3, -0.25) is 0 Å². The second kappa shape index (κ2) is 6.17. The zero-order chi connectivity index (χ0) is 15.0. The number of rotatable bonds is 4. The van der Waals surface area contributed by atoms with E-state index in [1.807, 2.05) is 24.3 Å². The third kappa shape index (κ3) is 2.80. The Morgan fingerprint density at radius 1 is 1.24 bits per heavy atom. The summed E-state index contributed by atoms with van der Waals surface area (Å²) in [6.45, 7) is 2.14. The van der Waals surface area contributed by atoms with Gasteiger partial charge in [-0.25, -0.2) is 4.98 Å². The fourth-order valence-corrected chi connectivity index (χ4v) is 3.99. The topological polar surface area (TPSA) is 17.8 Å². The first-order chi connectivity index (χ1) is 10.1. The zero-order valence-electron chi connectivity index (χ0n) is 11.3. The van der Waals surface area contributed by atoms with Gasteiger partial charge < -0.3 is 4.57 Å². The van der Waals surface area contributed by atoms with Gasteiger partial charge >= 0.3 is 0 Å². The van der Waals surface area contributed by atoms with E-state index in [0.29, 0.717) is 17.3 Å². The van der Waals surface area contributed by atoms with Crippen LogP contribution < -0.4 is 0 Å². The van der Waals surface area contributed by atoms with Crippen molar-refractivity contribution in [3.63, 3.8) is 0 Å². The second-order valence-corrected chi connectivity index (χ2v) is 7.29. The molecular weight excluding hydrogens is 347 g/mol. The van der Waals surface area contributed by atoms with Crippen LogP contribution in [0.2, 0.25) is 9.36 Å². The van der Waals surface area contributed by atoms with Gasteiger partial charge in [0.1, 0.15) is 11.3 Å². The third-order valence-corrected chi connectivity index (χ3v) is 5.35. The predicted molar refractivity (Wildman–Crippen MR) is 92.3 cm³/mol. The first kappa shape index (κ1) is 15.2. The summed E-state index contributed by atoms with van der Waals surface area (Å²) in [6.07, 6.45) is 0.704. The summed E-state index contributed by atoms with van der Waals surface area (Å²) in [5.74, 6) is 1.48. The van der Waals surface area contributed by atoms with Crippen LogP contribution in [0.3, 0.4) is 0 Å². The molecule has 0 aliphatic heterocycles. The van der Waals surface area contributed by atoms with E-state index in [1.165, 1.54) is 4.88 Å². The van der Waals surface area contributed by atoms with Crippen molar-refractivity contribution in [3.05, 3.63) is 50.4 Å². The molecule has 6 heteroatoms. The Balaban J connectivity index is 2.19. The van der Waals surface area contributed by atoms with Gasteiger partial charge in [0.25, 0.3) is 0 Å². The van der Waals surface area contributed by atoms with Crippen LogP contribution in [-0.4, -0.2) is 15.4 Å². The molecule has 0 saturated heterocycles. The average molecular weight is 360 g/mol. The van der Waals surface area contributed by atoms with E-state index in [-0.39, 0.29) is 6.04 Å². The molecule has 3 aromatic rings. The van der Waals surface area contributed by atoms with Crippen molar-refractivity contribution in [2.45, 2.75) is 19.4 Å². The lowest BCUT2D eigenvalue weighted by molar-refractivity contribution is 0.633. The first-order valence-corrected chi connectivity index (χ1v) is 8.69. The minimum atomic E-state index is 0.143. The van der Waals surface area contributed by atoms with Gasteiger partial charge in [-0.15, -0.1) is 22.9 Å². The molecule has 0 saturated carbocycles. The lowest BCUT2D eigenvalue weighted by Crippen LogP contribution is -2.10. The average Bonchev–Trinajstić information content (AvgIpc) is 3.03. The number of thiophene rings is 1. The number of hydrogen-bond acceptors (Lipinski definition) is 2. The summed E-state index contributed by atoms with van der Waals surface area (Å²) >= 11 is 19.8. The Labute approximate surface area is 142 Å². The normalized spacial score (nSPS) is 13.0. The molecule has 21 heavy (non-hydrogen) atoms. The number of aryl methyl sites for hydroxylation is 1. The number of fused-ring (bicyclic) bond motifs is 1. The van der Waals surface area contributed by atoms with Crippen LogP contribution in [0.5, 0.6) is 0 Å². The van der Waals surface area contributed by atoms with Crippen LogP contribution in [0.15, 0.2) is 30.3 Å². The molecule has 0 N–H and O–H groups in total. The summed E-state index contributed by atoms with van der Waals surface area (Å²) in [7, 11) is 0. The van der Waals surface area contributed by atoms with Crippen molar-refractivity contribution in [3.8, 4) is 0 Å². The van der Waals surface area contributed by atoms with Gasteiger partial charge in [-0.1, -0.05) is 29.3 Å².